The zero-order chi connectivity index (χ0) is 10.6. The average molecular weight is 184 g/mol. The van der Waals surface area contributed by atoms with Gasteiger partial charge >= 0.3 is 0 Å². The first-order chi connectivity index (χ1) is 6.51. The highest BCUT2D eigenvalue weighted by atomic mass is 16.3. The fraction of sp³-hybridized carbons (Fsp3) is 0.231. The van der Waals surface area contributed by atoms with E-state index in [0.717, 1.165) is 11.1 Å². The Kier molecular flexibility index (Phi) is 2.97. The van der Waals surface area contributed by atoms with E-state index in [4.69, 9.17) is 6.42 Å². The third kappa shape index (κ3) is 3.35. The second kappa shape index (κ2) is 4.01. The summed E-state index contributed by atoms with van der Waals surface area (Å²) in [4.78, 5) is 0. The number of terminal acetylenes is 1. The van der Waals surface area contributed by atoms with E-state index >= 15 is 0 Å². The molecule has 70 valence electrons. The molecule has 0 fully saturated rings. The monoisotopic (exact) mass is 184 g/mol. The summed E-state index contributed by atoms with van der Waals surface area (Å²) in [5.41, 5.74) is 0.732. The van der Waals surface area contributed by atoms with Crippen LogP contribution in [0.25, 0.3) is 0 Å². The zero-order valence-electron chi connectivity index (χ0n) is 8.33. The molecular weight excluding hydrogens is 172 g/mol. The van der Waals surface area contributed by atoms with Gasteiger partial charge in [-0.2, -0.15) is 0 Å². The molecule has 1 aromatic carbocycles. The van der Waals surface area contributed by atoms with Crippen LogP contribution in [0.1, 0.15) is 25.0 Å². The van der Waals surface area contributed by atoms with E-state index < -0.39 is 5.60 Å². The Labute approximate surface area is 84.8 Å². The lowest BCUT2D eigenvalue weighted by atomic mass is 10.1. The molecule has 0 aliphatic rings. The quantitative estimate of drug-likeness (QED) is 0.609. The summed E-state index contributed by atoms with van der Waals surface area (Å²) in [6.07, 6.45) is 5.22. The van der Waals surface area contributed by atoms with Gasteiger partial charge in [0, 0.05) is 11.1 Å². The lowest BCUT2D eigenvalue weighted by Gasteiger charge is -2.05. The van der Waals surface area contributed by atoms with Gasteiger partial charge in [0.2, 0.25) is 0 Å². The van der Waals surface area contributed by atoms with Gasteiger partial charge in [0.15, 0.2) is 0 Å². The maximum Gasteiger partial charge on any atom is 0.120 e. The van der Waals surface area contributed by atoms with E-state index in [2.05, 4.69) is 17.8 Å². The van der Waals surface area contributed by atoms with E-state index in [1.807, 2.05) is 24.3 Å². The van der Waals surface area contributed by atoms with Gasteiger partial charge in [-0.25, -0.2) is 0 Å². The molecule has 0 saturated carbocycles. The first-order valence-corrected chi connectivity index (χ1v) is 4.33. The molecule has 0 amide bonds. The van der Waals surface area contributed by atoms with E-state index in [1.165, 1.54) is 0 Å². The highest BCUT2D eigenvalue weighted by Crippen LogP contribution is 2.03. The summed E-state index contributed by atoms with van der Waals surface area (Å²) >= 11 is 0. The second-order valence-electron chi connectivity index (χ2n) is 3.53. The molecule has 1 aromatic rings. The molecule has 0 aromatic heterocycles. The fourth-order valence-electron chi connectivity index (χ4n) is 0.875. The smallest absolute Gasteiger partial charge is 0.120 e. The summed E-state index contributed by atoms with van der Waals surface area (Å²) in [6.45, 7) is 3.30. The van der Waals surface area contributed by atoms with Crippen LogP contribution in [0.3, 0.4) is 0 Å². The number of hydrogen-bond acceptors (Lipinski definition) is 1. The Bertz CT molecular complexity index is 402. The van der Waals surface area contributed by atoms with Crippen LogP contribution in [0, 0.1) is 24.2 Å². The molecule has 0 spiro atoms. The van der Waals surface area contributed by atoms with Crippen LogP contribution >= 0.6 is 0 Å². The predicted octanol–water partition coefficient (Wildman–Crippen LogP) is 1.79. The van der Waals surface area contributed by atoms with Crippen molar-refractivity contribution in [3.63, 3.8) is 0 Å². The van der Waals surface area contributed by atoms with Gasteiger partial charge in [-0.15, -0.1) is 6.42 Å². The SMILES string of the molecule is C#Cc1ccc(C#CC(C)(C)O)cc1. The Morgan fingerprint density at radius 1 is 1.14 bits per heavy atom. The second-order valence-corrected chi connectivity index (χ2v) is 3.53. The summed E-state index contributed by atoms with van der Waals surface area (Å²) in [5.74, 6) is 8.13. The van der Waals surface area contributed by atoms with Crippen LogP contribution in [-0.2, 0) is 0 Å². The van der Waals surface area contributed by atoms with Crippen molar-refractivity contribution < 1.29 is 5.11 Å². The Hall–Kier alpha value is -1.70. The predicted molar refractivity (Wildman–Crippen MR) is 57.6 cm³/mol. The van der Waals surface area contributed by atoms with E-state index in [-0.39, 0.29) is 0 Å². The molecule has 1 rings (SSSR count). The van der Waals surface area contributed by atoms with Gasteiger partial charge in [0.25, 0.3) is 0 Å². The van der Waals surface area contributed by atoms with Gasteiger partial charge in [-0.3, -0.25) is 0 Å². The van der Waals surface area contributed by atoms with Crippen molar-refractivity contribution in [2.75, 3.05) is 0 Å². The fourth-order valence-corrected chi connectivity index (χ4v) is 0.875. The van der Waals surface area contributed by atoms with E-state index in [0.29, 0.717) is 0 Å². The van der Waals surface area contributed by atoms with Crippen LogP contribution in [0.5, 0.6) is 0 Å². The molecule has 14 heavy (non-hydrogen) atoms. The third-order valence-electron chi connectivity index (χ3n) is 1.56. The van der Waals surface area contributed by atoms with Crippen molar-refractivity contribution in [1.29, 1.82) is 0 Å². The maximum atomic E-state index is 9.37. The van der Waals surface area contributed by atoms with Crippen molar-refractivity contribution in [2.45, 2.75) is 19.4 Å². The minimum Gasteiger partial charge on any atom is -0.378 e. The van der Waals surface area contributed by atoms with E-state index in [9.17, 15) is 5.11 Å². The molecule has 0 heterocycles. The third-order valence-corrected chi connectivity index (χ3v) is 1.56. The summed E-state index contributed by atoms with van der Waals surface area (Å²) in [6, 6.07) is 7.34. The lowest BCUT2D eigenvalue weighted by Crippen LogP contribution is -2.14. The lowest BCUT2D eigenvalue weighted by molar-refractivity contribution is 0.143. The van der Waals surface area contributed by atoms with Crippen molar-refractivity contribution in [2.24, 2.45) is 0 Å². The molecule has 0 bridgehead atoms. The Morgan fingerprint density at radius 3 is 2.07 bits per heavy atom. The zero-order valence-corrected chi connectivity index (χ0v) is 8.33. The van der Waals surface area contributed by atoms with Crippen LogP contribution < -0.4 is 0 Å². The standard InChI is InChI=1S/C13H12O/c1-4-11-5-7-12(8-6-11)9-10-13(2,3)14/h1,5-8,14H,2-3H3. The molecule has 0 aliphatic carbocycles. The summed E-state index contributed by atoms with van der Waals surface area (Å²) < 4.78 is 0. The van der Waals surface area contributed by atoms with Crippen molar-refractivity contribution in [3.05, 3.63) is 35.4 Å². The van der Waals surface area contributed by atoms with Crippen molar-refractivity contribution in [1.82, 2.24) is 0 Å². The van der Waals surface area contributed by atoms with Crippen LogP contribution in [-0.4, -0.2) is 10.7 Å². The number of aliphatic hydroxyl groups is 1. The topological polar surface area (TPSA) is 20.2 Å². The first kappa shape index (κ1) is 10.4. The van der Waals surface area contributed by atoms with Gasteiger partial charge in [-0.05, 0) is 38.1 Å². The molecule has 0 radical (unpaired) electrons. The average Bonchev–Trinajstić information content (AvgIpc) is 2.14. The molecule has 1 N–H and O–H groups in total. The number of benzene rings is 1. The molecule has 0 atom stereocenters. The van der Waals surface area contributed by atoms with Crippen LogP contribution in [0.2, 0.25) is 0 Å². The molecular formula is C13H12O. The minimum atomic E-state index is -0.954. The Balaban J connectivity index is 2.89. The van der Waals surface area contributed by atoms with Crippen LogP contribution in [0.4, 0.5) is 0 Å². The summed E-state index contributed by atoms with van der Waals surface area (Å²) in [7, 11) is 0. The molecule has 1 nitrogen and oxygen atoms in total. The minimum absolute atomic E-state index is 0.832. The first-order valence-electron chi connectivity index (χ1n) is 4.33. The number of rotatable bonds is 0. The van der Waals surface area contributed by atoms with Gasteiger partial charge in [0.1, 0.15) is 5.60 Å². The normalized spacial score (nSPS) is 9.86. The highest BCUT2D eigenvalue weighted by molar-refractivity contribution is 5.41. The van der Waals surface area contributed by atoms with Gasteiger partial charge < -0.3 is 5.11 Å². The number of hydrogen-bond donors (Lipinski definition) is 1. The van der Waals surface area contributed by atoms with Crippen molar-refractivity contribution in [3.8, 4) is 24.2 Å². The van der Waals surface area contributed by atoms with Crippen molar-refractivity contribution >= 4 is 0 Å². The highest BCUT2D eigenvalue weighted by Gasteiger charge is 2.05. The molecule has 0 aliphatic heterocycles. The largest absolute Gasteiger partial charge is 0.378 e. The molecule has 0 unspecified atom stereocenters. The summed E-state index contributed by atoms with van der Waals surface area (Å²) in [5, 5.41) is 9.37. The molecule has 0 saturated heterocycles. The van der Waals surface area contributed by atoms with Crippen LogP contribution in [0.15, 0.2) is 24.3 Å². The van der Waals surface area contributed by atoms with Gasteiger partial charge in [0.05, 0.1) is 0 Å². The maximum absolute atomic E-state index is 9.37. The van der Waals surface area contributed by atoms with Gasteiger partial charge in [-0.1, -0.05) is 17.8 Å². The Morgan fingerprint density at radius 2 is 1.64 bits per heavy atom. The molecule has 1 heteroatoms. The van der Waals surface area contributed by atoms with E-state index in [1.54, 1.807) is 13.8 Å².